The predicted molar refractivity (Wildman–Crippen MR) is 53.1 cm³/mol. The summed E-state index contributed by atoms with van der Waals surface area (Å²) in [4.78, 5) is 0. The van der Waals surface area contributed by atoms with E-state index in [1.165, 1.54) is 0 Å². The molecular formula is C11H22V. The van der Waals surface area contributed by atoms with E-state index >= 15 is 0 Å². The third-order valence-corrected chi connectivity index (χ3v) is 4.82. The van der Waals surface area contributed by atoms with E-state index < -0.39 is 0 Å². The molecule has 0 bridgehead atoms. The van der Waals surface area contributed by atoms with Gasteiger partial charge in [0, 0.05) is 0 Å². The standard InChI is InChI=1S/C11H22.V/c1-9(2,3)11(7,8)10(4,5)6;/h1H,2-8H3;. The Hall–Kier alpha value is 0.454. The van der Waals surface area contributed by atoms with Crippen LogP contribution in [-0.4, -0.2) is 4.73 Å². The van der Waals surface area contributed by atoms with Crippen LogP contribution in [0.2, 0.25) is 0 Å². The van der Waals surface area contributed by atoms with Crippen molar-refractivity contribution in [3.05, 3.63) is 0 Å². The van der Waals surface area contributed by atoms with E-state index in [0.717, 1.165) is 0 Å². The van der Waals surface area contributed by atoms with Gasteiger partial charge in [-0.25, -0.2) is 0 Å². The molecule has 0 saturated carbocycles. The molecule has 12 heavy (non-hydrogen) atoms. The van der Waals surface area contributed by atoms with Crippen molar-refractivity contribution in [2.24, 2.45) is 16.2 Å². The van der Waals surface area contributed by atoms with Crippen LogP contribution in [-0.2, 0) is 17.0 Å². The molecule has 0 aromatic rings. The van der Waals surface area contributed by atoms with E-state index in [0.29, 0.717) is 10.8 Å². The molecule has 0 N–H and O–H groups in total. The topological polar surface area (TPSA) is 0 Å². The molecule has 0 radical (unpaired) electrons. The van der Waals surface area contributed by atoms with E-state index in [1.807, 2.05) is 0 Å². The summed E-state index contributed by atoms with van der Waals surface area (Å²) in [7, 11) is 0. The van der Waals surface area contributed by atoms with Crippen LogP contribution >= 0.6 is 0 Å². The van der Waals surface area contributed by atoms with Crippen molar-refractivity contribution in [3.8, 4) is 0 Å². The molecule has 0 rings (SSSR count). The van der Waals surface area contributed by atoms with E-state index in [1.54, 1.807) is 0 Å². The molecule has 0 aliphatic heterocycles. The Balaban J connectivity index is 4.97. The van der Waals surface area contributed by atoms with Crippen molar-refractivity contribution in [2.45, 2.75) is 48.5 Å². The van der Waals surface area contributed by atoms with Gasteiger partial charge in [-0.2, -0.15) is 0 Å². The fraction of sp³-hybridized carbons (Fsp3) is 0.909. The van der Waals surface area contributed by atoms with Crippen molar-refractivity contribution in [1.29, 1.82) is 0 Å². The van der Waals surface area contributed by atoms with Crippen LogP contribution in [0.15, 0.2) is 0 Å². The van der Waals surface area contributed by atoms with Crippen LogP contribution in [0.5, 0.6) is 0 Å². The first-order chi connectivity index (χ1) is 5.06. The van der Waals surface area contributed by atoms with Crippen molar-refractivity contribution >= 4 is 4.73 Å². The molecule has 0 nitrogen and oxygen atoms in total. The Morgan fingerprint density at radius 3 is 1.25 bits per heavy atom. The van der Waals surface area contributed by atoms with Crippen LogP contribution in [0.1, 0.15) is 48.5 Å². The molecule has 0 aliphatic carbocycles. The second-order valence-corrected chi connectivity index (χ2v) is 6.13. The number of hydrogen-bond acceptors (Lipinski definition) is 0. The summed E-state index contributed by atoms with van der Waals surface area (Å²) in [6.45, 7) is 16.2. The molecular weight excluding hydrogens is 183 g/mol. The SMILES string of the molecule is CC(C)(C)C(C)(C)C(C)(C)[CH]=[V]. The van der Waals surface area contributed by atoms with Crippen LogP contribution in [0.4, 0.5) is 0 Å². The third kappa shape index (κ3) is 2.03. The van der Waals surface area contributed by atoms with Gasteiger partial charge in [-0.05, 0) is 0 Å². The summed E-state index contributed by atoms with van der Waals surface area (Å²) in [5.41, 5.74) is 0.922. The summed E-state index contributed by atoms with van der Waals surface area (Å²) >= 11 is 2.60. The molecule has 0 atom stereocenters. The average Bonchev–Trinajstić information content (AvgIpc) is 1.85. The summed E-state index contributed by atoms with van der Waals surface area (Å²) in [6.07, 6.45) is 0. The molecule has 71 valence electrons. The van der Waals surface area contributed by atoms with Crippen LogP contribution < -0.4 is 0 Å². The van der Waals surface area contributed by atoms with Crippen LogP contribution in [0, 0.1) is 16.2 Å². The summed E-state index contributed by atoms with van der Waals surface area (Å²) < 4.78 is 2.26. The Morgan fingerprint density at radius 2 is 1.17 bits per heavy atom. The molecule has 0 heterocycles. The average molecular weight is 205 g/mol. The Kier molecular flexibility index (Phi) is 3.43. The van der Waals surface area contributed by atoms with Gasteiger partial charge in [0.05, 0.1) is 0 Å². The zero-order valence-electron chi connectivity index (χ0n) is 9.52. The van der Waals surface area contributed by atoms with Gasteiger partial charge >= 0.3 is 86.4 Å². The van der Waals surface area contributed by atoms with Gasteiger partial charge in [-0.1, -0.05) is 0 Å². The van der Waals surface area contributed by atoms with Gasteiger partial charge in [0.1, 0.15) is 0 Å². The van der Waals surface area contributed by atoms with Gasteiger partial charge in [-0.15, -0.1) is 0 Å². The van der Waals surface area contributed by atoms with Crippen molar-refractivity contribution in [3.63, 3.8) is 0 Å². The molecule has 0 aliphatic rings. The van der Waals surface area contributed by atoms with Crippen LogP contribution in [0.3, 0.4) is 0 Å². The fourth-order valence-electron chi connectivity index (χ4n) is 1.13. The second-order valence-electron chi connectivity index (χ2n) is 5.73. The normalized spacial score (nSPS) is 14.5. The Bertz CT molecular complexity index is 170. The molecule has 0 amide bonds. The zero-order chi connectivity index (χ0) is 10.2. The van der Waals surface area contributed by atoms with Crippen molar-refractivity contribution < 1.29 is 17.0 Å². The van der Waals surface area contributed by atoms with Crippen LogP contribution in [0.25, 0.3) is 0 Å². The first-order valence-electron chi connectivity index (χ1n) is 4.55. The van der Waals surface area contributed by atoms with E-state index in [-0.39, 0.29) is 5.41 Å². The van der Waals surface area contributed by atoms with Crippen molar-refractivity contribution in [2.75, 3.05) is 0 Å². The number of hydrogen-bond donors (Lipinski definition) is 0. The van der Waals surface area contributed by atoms with Gasteiger partial charge in [-0.3, -0.25) is 0 Å². The van der Waals surface area contributed by atoms with E-state index in [4.69, 9.17) is 0 Å². The van der Waals surface area contributed by atoms with Gasteiger partial charge in [0.2, 0.25) is 0 Å². The molecule has 0 fully saturated rings. The number of rotatable bonds is 2. The monoisotopic (exact) mass is 205 g/mol. The molecule has 0 aromatic heterocycles. The summed E-state index contributed by atoms with van der Waals surface area (Å²) in [6, 6.07) is 0. The van der Waals surface area contributed by atoms with Gasteiger partial charge < -0.3 is 0 Å². The van der Waals surface area contributed by atoms with Gasteiger partial charge in [0.15, 0.2) is 0 Å². The summed E-state index contributed by atoms with van der Waals surface area (Å²) in [5, 5.41) is 0. The maximum absolute atomic E-state index is 2.60. The van der Waals surface area contributed by atoms with Crippen molar-refractivity contribution in [1.82, 2.24) is 0 Å². The predicted octanol–water partition coefficient (Wildman–Crippen LogP) is 3.43. The Morgan fingerprint density at radius 1 is 0.833 bits per heavy atom. The Labute approximate surface area is 86.6 Å². The van der Waals surface area contributed by atoms with E-state index in [2.05, 4.69) is 70.2 Å². The molecule has 1 heteroatoms. The zero-order valence-corrected chi connectivity index (χ0v) is 10.9. The first kappa shape index (κ1) is 12.5. The minimum atomic E-state index is 0.269. The quantitative estimate of drug-likeness (QED) is 0.647. The third-order valence-electron chi connectivity index (χ3n) is 3.81. The minimum absolute atomic E-state index is 0.269. The maximum atomic E-state index is 2.60. The van der Waals surface area contributed by atoms with E-state index in [9.17, 15) is 0 Å². The fourth-order valence-corrected chi connectivity index (χ4v) is 1.63. The van der Waals surface area contributed by atoms with Gasteiger partial charge in [0.25, 0.3) is 0 Å². The first-order valence-corrected chi connectivity index (χ1v) is 5.35. The molecule has 0 saturated heterocycles. The second kappa shape index (κ2) is 3.31. The molecule has 0 aromatic carbocycles. The molecule has 0 unspecified atom stereocenters. The summed E-state index contributed by atoms with van der Waals surface area (Å²) in [5.74, 6) is 0. The molecule has 0 spiro atoms.